The third kappa shape index (κ3) is 2.88. The van der Waals surface area contributed by atoms with Crippen LogP contribution in [0.5, 0.6) is 0 Å². The Kier molecular flexibility index (Phi) is 3.52. The van der Waals surface area contributed by atoms with Crippen LogP contribution in [-0.4, -0.2) is 16.7 Å². The van der Waals surface area contributed by atoms with Crippen molar-refractivity contribution >= 4 is 11.7 Å². The zero-order valence-electron chi connectivity index (χ0n) is 8.39. The number of carbonyl (C=O) groups excluding carboxylic acids is 1. The molecule has 0 N–H and O–H groups in total. The average Bonchev–Trinajstić information content (AvgIpc) is 2.25. The standard InChI is InChI=1S/C10H9N3O2/c1-7(13-15-8(2)14)10-6-12-4-3-9(10)5-11/h3-4,6H,1-2H3. The number of carbonyl (C=O) groups is 1. The number of oxime groups is 1. The predicted molar refractivity (Wildman–Crippen MR) is 52.9 cm³/mol. The molecular formula is C10H9N3O2. The monoisotopic (exact) mass is 203 g/mol. The minimum absolute atomic E-state index is 0.440. The fraction of sp³-hybridized carbons (Fsp3) is 0.200. The van der Waals surface area contributed by atoms with E-state index >= 15 is 0 Å². The molecule has 5 heteroatoms. The zero-order chi connectivity index (χ0) is 11.3. The van der Waals surface area contributed by atoms with Gasteiger partial charge in [-0.2, -0.15) is 5.26 Å². The lowest BCUT2D eigenvalue weighted by Gasteiger charge is -2.00. The van der Waals surface area contributed by atoms with Crippen LogP contribution in [-0.2, 0) is 9.63 Å². The fourth-order valence-corrected chi connectivity index (χ4v) is 0.962. The van der Waals surface area contributed by atoms with E-state index in [1.54, 1.807) is 13.0 Å². The first-order chi connectivity index (χ1) is 7.15. The van der Waals surface area contributed by atoms with Crippen molar-refractivity contribution in [2.75, 3.05) is 0 Å². The van der Waals surface area contributed by atoms with Gasteiger partial charge in [0.25, 0.3) is 0 Å². The Balaban J connectivity index is 3.01. The highest BCUT2D eigenvalue weighted by Crippen LogP contribution is 2.07. The summed E-state index contributed by atoms with van der Waals surface area (Å²) in [5.41, 5.74) is 1.44. The van der Waals surface area contributed by atoms with Crippen LogP contribution < -0.4 is 0 Å². The van der Waals surface area contributed by atoms with E-state index < -0.39 is 5.97 Å². The number of pyridine rings is 1. The molecule has 0 fully saturated rings. The lowest BCUT2D eigenvalue weighted by molar-refractivity contribution is -0.140. The zero-order valence-corrected chi connectivity index (χ0v) is 8.39. The lowest BCUT2D eigenvalue weighted by Crippen LogP contribution is -2.02. The Morgan fingerprint density at radius 1 is 1.60 bits per heavy atom. The molecule has 0 saturated heterocycles. The third-order valence-electron chi connectivity index (χ3n) is 1.64. The van der Waals surface area contributed by atoms with E-state index in [9.17, 15) is 4.79 Å². The van der Waals surface area contributed by atoms with Crippen LogP contribution >= 0.6 is 0 Å². The van der Waals surface area contributed by atoms with Crippen molar-refractivity contribution < 1.29 is 9.63 Å². The highest BCUT2D eigenvalue weighted by molar-refractivity contribution is 6.00. The molecule has 0 atom stereocenters. The van der Waals surface area contributed by atoms with Crippen molar-refractivity contribution in [3.63, 3.8) is 0 Å². The van der Waals surface area contributed by atoms with Crippen LogP contribution in [0.1, 0.15) is 25.0 Å². The van der Waals surface area contributed by atoms with Crippen molar-refractivity contribution in [1.82, 2.24) is 4.98 Å². The van der Waals surface area contributed by atoms with Crippen LogP contribution in [0, 0.1) is 11.3 Å². The molecule has 0 aliphatic carbocycles. The molecule has 0 radical (unpaired) electrons. The summed E-state index contributed by atoms with van der Waals surface area (Å²) in [6, 6.07) is 3.57. The van der Waals surface area contributed by atoms with Gasteiger partial charge in [-0.1, -0.05) is 5.16 Å². The molecule has 1 aromatic rings. The van der Waals surface area contributed by atoms with Crippen LogP contribution in [0.15, 0.2) is 23.6 Å². The first-order valence-electron chi connectivity index (χ1n) is 4.22. The largest absolute Gasteiger partial charge is 0.331 e. The third-order valence-corrected chi connectivity index (χ3v) is 1.64. The molecule has 76 valence electrons. The van der Waals surface area contributed by atoms with E-state index in [0.717, 1.165) is 0 Å². The minimum Gasteiger partial charge on any atom is -0.318 e. The van der Waals surface area contributed by atoms with E-state index in [4.69, 9.17) is 5.26 Å². The van der Waals surface area contributed by atoms with Crippen molar-refractivity contribution in [1.29, 1.82) is 5.26 Å². The number of hydrogen-bond donors (Lipinski definition) is 0. The average molecular weight is 203 g/mol. The number of rotatable bonds is 2. The quantitative estimate of drug-likeness (QED) is 0.411. The molecule has 0 unspecified atom stereocenters. The van der Waals surface area contributed by atoms with Gasteiger partial charge in [-0.3, -0.25) is 4.98 Å². The van der Waals surface area contributed by atoms with Gasteiger partial charge in [0, 0.05) is 24.9 Å². The molecule has 0 amide bonds. The summed E-state index contributed by atoms with van der Waals surface area (Å²) in [6.45, 7) is 2.89. The van der Waals surface area contributed by atoms with Crippen LogP contribution in [0.2, 0.25) is 0 Å². The Morgan fingerprint density at radius 3 is 2.93 bits per heavy atom. The highest BCUT2D eigenvalue weighted by Gasteiger charge is 2.05. The Hall–Kier alpha value is -2.22. The van der Waals surface area contributed by atoms with Crippen molar-refractivity contribution in [3.05, 3.63) is 29.6 Å². The second kappa shape index (κ2) is 4.86. The van der Waals surface area contributed by atoms with E-state index in [2.05, 4.69) is 15.0 Å². The summed E-state index contributed by atoms with van der Waals surface area (Å²) in [7, 11) is 0. The fourth-order valence-electron chi connectivity index (χ4n) is 0.962. The normalized spacial score (nSPS) is 10.6. The molecule has 0 aromatic carbocycles. The first kappa shape index (κ1) is 10.9. The van der Waals surface area contributed by atoms with E-state index in [1.807, 2.05) is 6.07 Å². The number of hydrogen-bond acceptors (Lipinski definition) is 5. The van der Waals surface area contributed by atoms with Gasteiger partial charge < -0.3 is 4.84 Å². The summed E-state index contributed by atoms with van der Waals surface area (Å²) < 4.78 is 0. The van der Waals surface area contributed by atoms with Gasteiger partial charge in [0.2, 0.25) is 0 Å². The molecule has 1 aromatic heterocycles. The van der Waals surface area contributed by atoms with Crippen LogP contribution in [0.25, 0.3) is 0 Å². The van der Waals surface area contributed by atoms with Gasteiger partial charge >= 0.3 is 5.97 Å². The molecule has 1 rings (SSSR count). The highest BCUT2D eigenvalue weighted by atomic mass is 16.7. The van der Waals surface area contributed by atoms with Crippen molar-refractivity contribution in [2.24, 2.45) is 5.16 Å². The van der Waals surface area contributed by atoms with Gasteiger partial charge in [-0.25, -0.2) is 4.79 Å². The van der Waals surface area contributed by atoms with Gasteiger partial charge in [0.1, 0.15) is 0 Å². The van der Waals surface area contributed by atoms with Crippen molar-refractivity contribution in [2.45, 2.75) is 13.8 Å². The molecule has 0 saturated carbocycles. The maximum absolute atomic E-state index is 10.5. The van der Waals surface area contributed by atoms with Crippen LogP contribution in [0.4, 0.5) is 0 Å². The first-order valence-corrected chi connectivity index (χ1v) is 4.22. The molecule has 15 heavy (non-hydrogen) atoms. The summed E-state index contributed by atoms with van der Waals surface area (Å²) in [5.74, 6) is -0.503. The molecular weight excluding hydrogens is 194 g/mol. The smallest absolute Gasteiger partial charge is 0.318 e. The maximum Gasteiger partial charge on any atom is 0.331 e. The van der Waals surface area contributed by atoms with Gasteiger partial charge in [0.15, 0.2) is 0 Å². The van der Waals surface area contributed by atoms with Gasteiger partial charge in [0.05, 0.1) is 17.3 Å². The Morgan fingerprint density at radius 2 is 2.33 bits per heavy atom. The second-order valence-corrected chi connectivity index (χ2v) is 2.79. The number of nitrogens with zero attached hydrogens (tertiary/aromatic N) is 3. The minimum atomic E-state index is -0.503. The van der Waals surface area contributed by atoms with E-state index in [-0.39, 0.29) is 0 Å². The van der Waals surface area contributed by atoms with Gasteiger partial charge in [-0.15, -0.1) is 0 Å². The predicted octanol–water partition coefficient (Wildman–Crippen LogP) is 1.24. The molecule has 0 aliphatic rings. The molecule has 0 bridgehead atoms. The summed E-state index contributed by atoms with van der Waals surface area (Å²) >= 11 is 0. The second-order valence-electron chi connectivity index (χ2n) is 2.79. The number of nitriles is 1. The Bertz CT molecular complexity index is 446. The number of aromatic nitrogens is 1. The van der Waals surface area contributed by atoms with E-state index in [0.29, 0.717) is 16.8 Å². The lowest BCUT2D eigenvalue weighted by atomic mass is 10.1. The summed E-state index contributed by atoms with van der Waals surface area (Å²) in [4.78, 5) is 18.9. The molecule has 0 spiro atoms. The van der Waals surface area contributed by atoms with Crippen molar-refractivity contribution in [3.8, 4) is 6.07 Å². The maximum atomic E-state index is 10.5. The SMILES string of the molecule is CC(=O)ON=C(C)c1cnccc1C#N. The summed E-state index contributed by atoms with van der Waals surface area (Å²) in [5, 5.41) is 12.4. The van der Waals surface area contributed by atoms with Crippen LogP contribution in [0.3, 0.4) is 0 Å². The molecule has 0 aliphatic heterocycles. The topological polar surface area (TPSA) is 75.3 Å². The Labute approximate surface area is 87.0 Å². The van der Waals surface area contributed by atoms with Gasteiger partial charge in [-0.05, 0) is 13.0 Å². The summed E-state index contributed by atoms with van der Waals surface area (Å²) in [6.07, 6.45) is 3.02. The molecule has 5 nitrogen and oxygen atoms in total. The van der Waals surface area contributed by atoms with E-state index in [1.165, 1.54) is 19.3 Å². The molecule has 1 heterocycles.